The average Bonchev–Trinajstić information content (AvgIpc) is 2.91. The van der Waals surface area contributed by atoms with Crippen LogP contribution >= 0.6 is 27.5 Å². The van der Waals surface area contributed by atoms with Crippen molar-refractivity contribution in [2.24, 2.45) is 5.41 Å². The molecule has 0 amide bonds. The fourth-order valence-electron chi connectivity index (χ4n) is 1.66. The van der Waals surface area contributed by atoms with Gasteiger partial charge >= 0.3 is 0 Å². The largest absolute Gasteiger partial charge is 0.236 e. The highest BCUT2D eigenvalue weighted by atomic mass is 79.9. The zero-order valence-corrected chi connectivity index (χ0v) is 12.2. The lowest BCUT2D eigenvalue weighted by molar-refractivity contribution is 0.400. The van der Waals surface area contributed by atoms with E-state index < -0.39 is 0 Å². The summed E-state index contributed by atoms with van der Waals surface area (Å²) < 4.78 is 0.884. The van der Waals surface area contributed by atoms with Crippen molar-refractivity contribution in [3.05, 3.63) is 21.1 Å². The van der Waals surface area contributed by atoms with E-state index in [0.29, 0.717) is 11.1 Å². The molecule has 0 aliphatic heterocycles. The second-order valence-corrected chi connectivity index (χ2v) is 6.79. The fourth-order valence-corrected chi connectivity index (χ4v) is 2.36. The topological polar surface area (TPSA) is 25.8 Å². The Morgan fingerprint density at radius 1 is 1.31 bits per heavy atom. The molecule has 0 atom stereocenters. The van der Waals surface area contributed by atoms with Crippen molar-refractivity contribution in [2.75, 3.05) is 0 Å². The van der Waals surface area contributed by atoms with Crippen molar-refractivity contribution >= 4 is 27.5 Å². The van der Waals surface area contributed by atoms with Crippen LogP contribution in [0.4, 0.5) is 0 Å². The molecule has 2 rings (SSSR count). The number of hydrogen-bond donors (Lipinski definition) is 0. The van der Waals surface area contributed by atoms with Gasteiger partial charge in [-0.15, -0.1) is 0 Å². The molecule has 0 spiro atoms. The standard InChI is InChI=1S/C12H16BrClN2/c1-12(2,3)6-8-15-10(7-4-5-7)9(13)11(14)16-8/h7H,4-6H2,1-3H3. The number of halogens is 2. The molecule has 1 aromatic rings. The van der Waals surface area contributed by atoms with Crippen molar-refractivity contribution in [2.45, 2.75) is 46.0 Å². The van der Waals surface area contributed by atoms with Crippen LogP contribution in [0.1, 0.15) is 51.0 Å². The normalized spacial score (nSPS) is 16.6. The van der Waals surface area contributed by atoms with Gasteiger partial charge in [-0.3, -0.25) is 0 Å². The van der Waals surface area contributed by atoms with Gasteiger partial charge in [0, 0.05) is 12.3 Å². The van der Waals surface area contributed by atoms with Gasteiger partial charge in [-0.1, -0.05) is 32.4 Å². The Hall–Kier alpha value is -0.150. The highest BCUT2D eigenvalue weighted by molar-refractivity contribution is 9.10. The molecule has 0 N–H and O–H groups in total. The summed E-state index contributed by atoms with van der Waals surface area (Å²) in [4.78, 5) is 8.97. The first-order valence-corrected chi connectivity index (χ1v) is 6.76. The number of nitrogens with zero attached hydrogens (tertiary/aromatic N) is 2. The van der Waals surface area contributed by atoms with Crippen molar-refractivity contribution in [1.82, 2.24) is 9.97 Å². The average molecular weight is 304 g/mol. The maximum atomic E-state index is 6.12. The first-order chi connectivity index (χ1) is 7.37. The third-order valence-electron chi connectivity index (χ3n) is 2.54. The van der Waals surface area contributed by atoms with Crippen LogP contribution in [0, 0.1) is 5.41 Å². The van der Waals surface area contributed by atoms with Crippen LogP contribution in [-0.2, 0) is 6.42 Å². The molecule has 1 saturated carbocycles. The van der Waals surface area contributed by atoms with Crippen molar-refractivity contribution < 1.29 is 0 Å². The molecule has 1 aliphatic rings. The minimum absolute atomic E-state index is 0.192. The predicted molar refractivity (Wildman–Crippen MR) is 69.9 cm³/mol. The second-order valence-electron chi connectivity index (χ2n) is 5.64. The van der Waals surface area contributed by atoms with Crippen LogP contribution in [0.25, 0.3) is 0 Å². The molecule has 1 aliphatic carbocycles. The van der Waals surface area contributed by atoms with Gasteiger partial charge in [0.2, 0.25) is 0 Å². The molecule has 1 fully saturated rings. The Labute approximate surface area is 110 Å². The molecule has 1 heterocycles. The smallest absolute Gasteiger partial charge is 0.147 e. The van der Waals surface area contributed by atoms with Crippen molar-refractivity contribution in [3.63, 3.8) is 0 Å². The Balaban J connectivity index is 2.33. The van der Waals surface area contributed by atoms with Gasteiger partial charge in [0.05, 0.1) is 10.2 Å². The van der Waals surface area contributed by atoms with Crippen molar-refractivity contribution in [3.8, 4) is 0 Å². The van der Waals surface area contributed by atoms with E-state index in [9.17, 15) is 0 Å². The Kier molecular flexibility index (Phi) is 3.28. The minimum Gasteiger partial charge on any atom is -0.236 e. The van der Waals surface area contributed by atoms with E-state index in [1.54, 1.807) is 0 Å². The number of aromatic nitrogens is 2. The molecule has 0 radical (unpaired) electrons. The molecule has 16 heavy (non-hydrogen) atoms. The molecule has 1 aromatic heterocycles. The molecular formula is C12H16BrClN2. The zero-order chi connectivity index (χ0) is 11.9. The van der Waals surface area contributed by atoms with Gasteiger partial charge < -0.3 is 0 Å². The van der Waals surface area contributed by atoms with Crippen LogP contribution in [-0.4, -0.2) is 9.97 Å². The Morgan fingerprint density at radius 3 is 2.44 bits per heavy atom. The Bertz CT molecular complexity index is 408. The van der Waals surface area contributed by atoms with Crippen LogP contribution in [0.5, 0.6) is 0 Å². The highest BCUT2D eigenvalue weighted by Gasteiger charge is 2.29. The fraction of sp³-hybridized carbons (Fsp3) is 0.667. The molecule has 88 valence electrons. The molecule has 0 unspecified atom stereocenters. The maximum Gasteiger partial charge on any atom is 0.147 e. The summed E-state index contributed by atoms with van der Waals surface area (Å²) in [5, 5.41) is 0.552. The quantitative estimate of drug-likeness (QED) is 0.759. The highest BCUT2D eigenvalue weighted by Crippen LogP contribution is 2.43. The summed E-state index contributed by atoms with van der Waals surface area (Å²) in [5.74, 6) is 1.45. The van der Waals surface area contributed by atoms with E-state index >= 15 is 0 Å². The van der Waals surface area contributed by atoms with Gasteiger partial charge in [0.1, 0.15) is 11.0 Å². The van der Waals surface area contributed by atoms with E-state index in [4.69, 9.17) is 11.6 Å². The molecular weight excluding hydrogens is 288 g/mol. The third-order valence-corrected chi connectivity index (χ3v) is 3.82. The van der Waals surface area contributed by atoms with Gasteiger partial charge in [-0.05, 0) is 34.2 Å². The maximum absolute atomic E-state index is 6.12. The van der Waals surface area contributed by atoms with E-state index in [2.05, 4.69) is 46.7 Å². The summed E-state index contributed by atoms with van der Waals surface area (Å²) in [5.41, 5.74) is 1.29. The van der Waals surface area contributed by atoms with Crippen LogP contribution in [0.3, 0.4) is 0 Å². The summed E-state index contributed by atoms with van der Waals surface area (Å²) in [7, 11) is 0. The molecule has 0 saturated heterocycles. The van der Waals surface area contributed by atoms with E-state index in [0.717, 1.165) is 22.4 Å². The lowest BCUT2D eigenvalue weighted by Crippen LogP contribution is -2.13. The van der Waals surface area contributed by atoms with Gasteiger partial charge in [-0.2, -0.15) is 0 Å². The first-order valence-electron chi connectivity index (χ1n) is 5.58. The van der Waals surface area contributed by atoms with Crippen LogP contribution in [0.15, 0.2) is 4.47 Å². The lowest BCUT2D eigenvalue weighted by atomic mass is 9.92. The van der Waals surface area contributed by atoms with Crippen LogP contribution < -0.4 is 0 Å². The molecule has 0 bridgehead atoms. The lowest BCUT2D eigenvalue weighted by Gasteiger charge is -2.17. The summed E-state index contributed by atoms with van der Waals surface area (Å²) in [6, 6.07) is 0. The minimum atomic E-state index is 0.192. The zero-order valence-electron chi connectivity index (χ0n) is 9.85. The molecule has 2 nitrogen and oxygen atoms in total. The summed E-state index contributed by atoms with van der Waals surface area (Å²) >= 11 is 9.60. The summed E-state index contributed by atoms with van der Waals surface area (Å²) in [6.45, 7) is 6.55. The number of hydrogen-bond acceptors (Lipinski definition) is 2. The number of rotatable bonds is 2. The Morgan fingerprint density at radius 2 is 1.94 bits per heavy atom. The van der Waals surface area contributed by atoms with Gasteiger partial charge in [-0.25, -0.2) is 9.97 Å². The van der Waals surface area contributed by atoms with Crippen LogP contribution in [0.2, 0.25) is 5.15 Å². The third kappa shape index (κ3) is 2.95. The monoisotopic (exact) mass is 302 g/mol. The van der Waals surface area contributed by atoms with Crippen molar-refractivity contribution in [1.29, 1.82) is 0 Å². The van der Waals surface area contributed by atoms with Gasteiger partial charge in [0.25, 0.3) is 0 Å². The predicted octanol–water partition coefficient (Wildman–Crippen LogP) is 4.36. The molecule has 4 heteroatoms. The summed E-state index contributed by atoms with van der Waals surface area (Å²) in [6.07, 6.45) is 3.31. The van der Waals surface area contributed by atoms with E-state index in [1.807, 2.05) is 0 Å². The van der Waals surface area contributed by atoms with Gasteiger partial charge in [0.15, 0.2) is 0 Å². The first kappa shape index (κ1) is 12.3. The second kappa shape index (κ2) is 4.26. The molecule has 0 aromatic carbocycles. The van der Waals surface area contributed by atoms with E-state index in [1.165, 1.54) is 12.8 Å². The SMILES string of the molecule is CC(C)(C)Cc1nc(Cl)c(Br)c(C2CC2)n1. The van der Waals surface area contributed by atoms with E-state index in [-0.39, 0.29) is 5.41 Å².